The van der Waals surface area contributed by atoms with Gasteiger partial charge in [0.15, 0.2) is 28.8 Å². The standard InChI is InChI=1S/C23H24F2N7O8P/c1-23(2)21(35)32(10-39-41(36,37)38)19-16(40-23)5-6-17(30-19)29-18-13(25)9-27-22(31-18)28-15-4-3-11(7-12(15)24)8-14(26)20(33)34/h3-7,9,14H,8,10,26H2,1-2H3,(H,33,34)(H2,36,37,38)(H2,27,28,29,30,31). The van der Waals surface area contributed by atoms with Crippen molar-refractivity contribution in [3.63, 3.8) is 0 Å². The van der Waals surface area contributed by atoms with E-state index in [1.807, 2.05) is 0 Å². The summed E-state index contributed by atoms with van der Waals surface area (Å²) in [5.74, 6) is -4.33. The Morgan fingerprint density at radius 3 is 2.59 bits per heavy atom. The molecule has 4 rings (SSSR count). The average molecular weight is 595 g/mol. The van der Waals surface area contributed by atoms with Gasteiger partial charge in [-0.3, -0.25) is 19.0 Å². The molecule has 0 aliphatic carbocycles. The monoisotopic (exact) mass is 595 g/mol. The number of aromatic nitrogens is 3. The molecule has 7 N–H and O–H groups in total. The number of anilines is 5. The second-order valence-electron chi connectivity index (χ2n) is 9.22. The van der Waals surface area contributed by atoms with Gasteiger partial charge >= 0.3 is 13.8 Å². The highest BCUT2D eigenvalue weighted by Gasteiger charge is 2.42. The zero-order valence-corrected chi connectivity index (χ0v) is 22.3. The molecule has 1 aromatic carbocycles. The van der Waals surface area contributed by atoms with Crippen LogP contribution >= 0.6 is 7.82 Å². The minimum atomic E-state index is -4.94. The van der Waals surface area contributed by atoms with Gasteiger partial charge in [0.25, 0.3) is 5.91 Å². The smallest absolute Gasteiger partial charge is 0.471 e. The van der Waals surface area contributed by atoms with E-state index in [0.29, 0.717) is 5.56 Å². The molecule has 41 heavy (non-hydrogen) atoms. The molecule has 1 aliphatic rings. The summed E-state index contributed by atoms with van der Waals surface area (Å²) in [7, 11) is -4.94. The minimum absolute atomic E-state index is 0.0464. The fourth-order valence-electron chi connectivity index (χ4n) is 3.66. The number of carbonyl (C=O) groups is 2. The van der Waals surface area contributed by atoms with Crippen molar-refractivity contribution in [2.75, 3.05) is 22.3 Å². The Morgan fingerprint density at radius 2 is 1.93 bits per heavy atom. The Morgan fingerprint density at radius 1 is 1.20 bits per heavy atom. The first-order chi connectivity index (χ1) is 19.1. The predicted octanol–water partition coefficient (Wildman–Crippen LogP) is 2.16. The predicted molar refractivity (Wildman–Crippen MR) is 139 cm³/mol. The zero-order valence-electron chi connectivity index (χ0n) is 21.4. The first kappa shape index (κ1) is 29.7. The van der Waals surface area contributed by atoms with Crippen molar-refractivity contribution in [3.8, 4) is 5.75 Å². The van der Waals surface area contributed by atoms with Crippen LogP contribution in [0.5, 0.6) is 5.75 Å². The number of phosphoric ester groups is 1. The number of nitrogens with two attached hydrogens (primary N) is 1. The largest absolute Gasteiger partial charge is 0.480 e. The quantitative estimate of drug-likeness (QED) is 0.185. The van der Waals surface area contributed by atoms with E-state index in [9.17, 15) is 22.9 Å². The molecular formula is C23H24F2N7O8P. The molecule has 3 heterocycles. The highest BCUT2D eigenvalue weighted by Crippen LogP contribution is 2.41. The lowest BCUT2D eigenvalue weighted by atomic mass is 10.1. The number of hydrogen-bond acceptors (Lipinski definition) is 11. The third kappa shape index (κ3) is 7.08. The summed E-state index contributed by atoms with van der Waals surface area (Å²) in [5.41, 5.74) is 4.34. The van der Waals surface area contributed by atoms with Crippen LogP contribution in [0.3, 0.4) is 0 Å². The van der Waals surface area contributed by atoms with Crippen molar-refractivity contribution in [3.05, 3.63) is 53.7 Å². The molecule has 3 aromatic rings. The highest BCUT2D eigenvalue weighted by molar-refractivity contribution is 7.46. The summed E-state index contributed by atoms with van der Waals surface area (Å²) in [6, 6.07) is 5.44. The molecule has 15 nitrogen and oxygen atoms in total. The Balaban J connectivity index is 1.56. The van der Waals surface area contributed by atoms with Crippen molar-refractivity contribution >= 4 is 48.8 Å². The number of halogens is 2. The van der Waals surface area contributed by atoms with E-state index in [2.05, 4.69) is 30.1 Å². The summed E-state index contributed by atoms with van der Waals surface area (Å²) < 4.78 is 50.6. The molecule has 1 aliphatic heterocycles. The molecule has 0 bridgehead atoms. The zero-order chi connectivity index (χ0) is 30.1. The van der Waals surface area contributed by atoms with E-state index in [-0.39, 0.29) is 41.3 Å². The third-order valence-corrected chi connectivity index (χ3v) is 6.07. The van der Waals surface area contributed by atoms with Crippen LogP contribution in [0.25, 0.3) is 0 Å². The number of rotatable bonds is 10. The second-order valence-corrected chi connectivity index (χ2v) is 10.5. The summed E-state index contributed by atoms with van der Waals surface area (Å²) in [4.78, 5) is 54.8. The van der Waals surface area contributed by atoms with Crippen LogP contribution < -0.4 is 26.0 Å². The van der Waals surface area contributed by atoms with Gasteiger partial charge in [-0.1, -0.05) is 6.07 Å². The number of fused-ring (bicyclic) bond motifs is 1. The Bertz CT molecular complexity index is 1550. The maximum absolute atomic E-state index is 14.6. The van der Waals surface area contributed by atoms with E-state index in [0.717, 1.165) is 17.2 Å². The fourth-order valence-corrected chi connectivity index (χ4v) is 3.92. The van der Waals surface area contributed by atoms with Crippen LogP contribution in [0.1, 0.15) is 19.4 Å². The van der Waals surface area contributed by atoms with Crippen molar-refractivity contribution in [2.24, 2.45) is 5.73 Å². The van der Waals surface area contributed by atoms with E-state index >= 15 is 0 Å². The molecular weight excluding hydrogens is 571 g/mol. The highest BCUT2D eigenvalue weighted by atomic mass is 31.2. The lowest BCUT2D eigenvalue weighted by molar-refractivity contribution is -0.138. The number of nitrogens with zero attached hydrogens (tertiary/aromatic N) is 4. The minimum Gasteiger partial charge on any atom is -0.480 e. The molecule has 0 saturated carbocycles. The number of hydrogen-bond donors (Lipinski definition) is 6. The van der Waals surface area contributed by atoms with Crippen LogP contribution in [0.15, 0.2) is 36.5 Å². The topological polar surface area (TPSA) is 222 Å². The molecule has 1 unspecified atom stereocenters. The van der Waals surface area contributed by atoms with Crippen molar-refractivity contribution in [2.45, 2.75) is 31.9 Å². The van der Waals surface area contributed by atoms with Gasteiger partial charge in [-0.2, -0.15) is 4.98 Å². The number of amides is 1. The van der Waals surface area contributed by atoms with Crippen LogP contribution in [0.2, 0.25) is 0 Å². The molecule has 1 amide bonds. The summed E-state index contributed by atoms with van der Waals surface area (Å²) in [6.45, 7) is 2.05. The lowest BCUT2D eigenvalue weighted by Crippen LogP contribution is -2.53. The van der Waals surface area contributed by atoms with Crippen LogP contribution in [0.4, 0.5) is 37.9 Å². The number of carbonyl (C=O) groups excluding carboxylic acids is 1. The van der Waals surface area contributed by atoms with Gasteiger partial charge in [0.05, 0.1) is 11.9 Å². The third-order valence-electron chi connectivity index (χ3n) is 5.62. The number of phosphoric acid groups is 1. The van der Waals surface area contributed by atoms with E-state index in [1.54, 1.807) is 0 Å². The number of pyridine rings is 1. The Kier molecular flexibility index (Phi) is 8.19. The van der Waals surface area contributed by atoms with E-state index in [1.165, 1.54) is 38.1 Å². The maximum atomic E-state index is 14.6. The van der Waals surface area contributed by atoms with Gasteiger partial charge in [-0.05, 0) is 50.1 Å². The first-order valence-corrected chi connectivity index (χ1v) is 13.2. The molecule has 2 aromatic heterocycles. The number of ether oxygens (including phenoxy) is 1. The van der Waals surface area contributed by atoms with Gasteiger partial charge in [-0.25, -0.2) is 23.3 Å². The fraction of sp³-hybridized carbons (Fsp3) is 0.261. The van der Waals surface area contributed by atoms with Crippen molar-refractivity contribution in [1.29, 1.82) is 0 Å². The summed E-state index contributed by atoms with van der Waals surface area (Å²) in [5, 5.41) is 14.1. The summed E-state index contributed by atoms with van der Waals surface area (Å²) >= 11 is 0. The number of benzene rings is 1. The maximum Gasteiger partial charge on any atom is 0.471 e. The van der Waals surface area contributed by atoms with Crippen LogP contribution in [-0.4, -0.2) is 60.1 Å². The molecule has 0 spiro atoms. The summed E-state index contributed by atoms with van der Waals surface area (Å²) in [6.07, 6.45) is 0.710. The Labute approximate surface area is 230 Å². The molecule has 0 radical (unpaired) electrons. The van der Waals surface area contributed by atoms with Gasteiger partial charge < -0.3 is 36.0 Å². The van der Waals surface area contributed by atoms with Crippen LogP contribution in [-0.2, 0) is 25.1 Å². The number of aliphatic carboxylic acids is 1. The number of nitrogens with one attached hydrogen (secondary N) is 2. The molecule has 0 saturated heterocycles. The average Bonchev–Trinajstić information content (AvgIpc) is 2.87. The number of carboxylic acid groups (broad SMARTS) is 1. The van der Waals surface area contributed by atoms with Gasteiger partial charge in [0.2, 0.25) is 5.95 Å². The second kappa shape index (κ2) is 11.3. The van der Waals surface area contributed by atoms with Gasteiger partial charge in [-0.15, -0.1) is 0 Å². The Hall–Kier alpha value is -4.28. The van der Waals surface area contributed by atoms with Gasteiger partial charge in [0.1, 0.15) is 24.4 Å². The normalized spacial score (nSPS) is 15.1. The van der Waals surface area contributed by atoms with Crippen molar-refractivity contribution < 1.29 is 47.1 Å². The molecule has 0 fully saturated rings. The number of carboxylic acids is 1. The SMILES string of the molecule is CC1(C)Oc2ccc(Nc3nc(Nc4ccc(CC(N)C(=O)O)cc4F)ncc3F)nc2N(COP(=O)(O)O)C1=O. The molecule has 218 valence electrons. The van der Waals surface area contributed by atoms with Crippen LogP contribution in [0, 0.1) is 11.6 Å². The molecule has 18 heteroatoms. The van der Waals surface area contributed by atoms with E-state index < -0.39 is 49.7 Å². The van der Waals surface area contributed by atoms with Gasteiger partial charge in [0, 0.05) is 0 Å². The molecule has 1 atom stereocenters. The lowest BCUT2D eigenvalue weighted by Gasteiger charge is -2.37. The van der Waals surface area contributed by atoms with E-state index in [4.69, 9.17) is 25.4 Å². The first-order valence-electron chi connectivity index (χ1n) is 11.7. The van der Waals surface area contributed by atoms with Crippen molar-refractivity contribution in [1.82, 2.24) is 15.0 Å².